The molecule has 1 aliphatic heterocycles. The molecule has 1 heterocycles. The van der Waals surface area contributed by atoms with Gasteiger partial charge in [-0.1, -0.05) is 52.8 Å². The lowest BCUT2D eigenvalue weighted by atomic mass is 9.73. The number of halogens is 3. The number of thioether (sulfide) groups is 1. The molecule has 0 aromatic rings. The number of ketones is 1. The Balaban J connectivity index is 3.60. The van der Waals surface area contributed by atoms with Crippen LogP contribution in [0.2, 0.25) is 0 Å². The third-order valence-electron chi connectivity index (χ3n) is 7.17. The van der Waals surface area contributed by atoms with Crippen molar-refractivity contribution in [2.75, 3.05) is 5.75 Å². The van der Waals surface area contributed by atoms with E-state index in [1.54, 1.807) is 26.2 Å². The lowest BCUT2D eigenvalue weighted by Gasteiger charge is -2.34. The van der Waals surface area contributed by atoms with Gasteiger partial charge in [-0.3, -0.25) is 9.59 Å². The molecular weight excluding hydrogens is 519 g/mol. The van der Waals surface area contributed by atoms with Crippen molar-refractivity contribution >= 4 is 23.5 Å². The first kappa shape index (κ1) is 34.0. The molecule has 0 aliphatic carbocycles. The van der Waals surface area contributed by atoms with Crippen molar-refractivity contribution in [2.24, 2.45) is 23.0 Å². The molecule has 0 unspecified atom stereocenters. The van der Waals surface area contributed by atoms with E-state index in [2.05, 4.69) is 0 Å². The number of cyclic esters (lactones) is 1. The van der Waals surface area contributed by atoms with E-state index in [1.807, 2.05) is 6.92 Å². The first-order chi connectivity index (χ1) is 17.4. The van der Waals surface area contributed by atoms with E-state index in [4.69, 9.17) is 10.5 Å². The monoisotopic (exact) mass is 561 g/mol. The Hall–Kier alpha value is -2.04. The number of carbonyl (C=O) groups excluding carboxylic acids is 2. The molecule has 38 heavy (non-hydrogen) atoms. The zero-order valence-corrected chi connectivity index (χ0v) is 24.1. The van der Waals surface area contributed by atoms with Gasteiger partial charge in [0.05, 0.1) is 24.0 Å². The molecule has 0 radical (unpaired) electrons. The van der Waals surface area contributed by atoms with Crippen molar-refractivity contribution in [3.05, 3.63) is 46.1 Å². The Labute approximate surface area is 228 Å². The number of alkyl halides is 3. The molecule has 0 spiro atoms. The molecule has 10 heteroatoms. The molecule has 4 N–H and O–H groups in total. The van der Waals surface area contributed by atoms with Crippen LogP contribution < -0.4 is 5.73 Å². The topological polar surface area (TPSA) is 110 Å². The number of rotatable bonds is 4. The molecule has 0 fully saturated rings. The highest BCUT2D eigenvalue weighted by atomic mass is 32.2. The molecule has 0 bridgehead atoms. The maximum Gasteiger partial charge on any atom is 0.412 e. The fourth-order valence-corrected chi connectivity index (χ4v) is 4.64. The average Bonchev–Trinajstić information content (AvgIpc) is 2.84. The summed E-state index contributed by atoms with van der Waals surface area (Å²) < 4.78 is 47.0. The van der Waals surface area contributed by atoms with Crippen molar-refractivity contribution < 1.29 is 37.7 Å². The van der Waals surface area contributed by atoms with Crippen molar-refractivity contribution in [3.8, 4) is 0 Å². The minimum absolute atomic E-state index is 0.264. The maximum atomic E-state index is 13.8. The van der Waals surface area contributed by atoms with Gasteiger partial charge in [-0.05, 0) is 42.6 Å². The predicted molar refractivity (Wildman–Crippen MR) is 145 cm³/mol. The smallest absolute Gasteiger partial charge is 0.412 e. The van der Waals surface area contributed by atoms with Gasteiger partial charge in [-0.25, -0.2) is 0 Å². The van der Waals surface area contributed by atoms with E-state index in [0.29, 0.717) is 16.8 Å². The minimum atomic E-state index is -4.63. The summed E-state index contributed by atoms with van der Waals surface area (Å²) in [6.45, 7) is 11.4. The zero-order valence-electron chi connectivity index (χ0n) is 23.3. The third kappa shape index (κ3) is 9.31. The van der Waals surface area contributed by atoms with Crippen LogP contribution in [0.4, 0.5) is 13.2 Å². The van der Waals surface area contributed by atoms with Gasteiger partial charge >= 0.3 is 12.1 Å². The van der Waals surface area contributed by atoms with Crippen molar-refractivity contribution in [1.29, 1.82) is 0 Å². The van der Waals surface area contributed by atoms with E-state index < -0.39 is 71.9 Å². The number of carbonyl (C=O) groups is 2. The average molecular weight is 562 g/mol. The molecule has 216 valence electrons. The largest absolute Gasteiger partial charge is 0.457 e. The molecule has 0 amide bonds. The van der Waals surface area contributed by atoms with Crippen molar-refractivity contribution in [2.45, 2.75) is 92.2 Å². The summed E-state index contributed by atoms with van der Waals surface area (Å²) in [5.74, 6) is -2.11. The minimum Gasteiger partial charge on any atom is -0.457 e. The quantitative estimate of drug-likeness (QED) is 0.233. The number of Topliss-reactive ketones (excluding diaryl/α,β-unsaturated/α-hetero) is 1. The van der Waals surface area contributed by atoms with E-state index in [9.17, 15) is 33.0 Å². The molecule has 0 aromatic carbocycles. The van der Waals surface area contributed by atoms with E-state index in [1.165, 1.54) is 44.7 Å². The highest BCUT2D eigenvalue weighted by Gasteiger charge is 2.42. The first-order valence-corrected chi connectivity index (χ1v) is 13.8. The molecule has 0 saturated carbocycles. The van der Waals surface area contributed by atoms with Gasteiger partial charge in [-0.15, -0.1) is 11.8 Å². The number of ether oxygens (including phenoxy) is 1. The number of nitrogens with two attached hydrogens (primary N) is 1. The molecular formula is C28H42F3NO5S. The maximum absolute atomic E-state index is 13.8. The fraction of sp³-hybridized carbons (Fsp3) is 0.643. The van der Waals surface area contributed by atoms with Crippen LogP contribution in [0, 0.1) is 17.3 Å². The fourth-order valence-electron chi connectivity index (χ4n) is 4.11. The van der Waals surface area contributed by atoms with Crippen LogP contribution in [0.15, 0.2) is 46.1 Å². The summed E-state index contributed by atoms with van der Waals surface area (Å²) in [7, 11) is 0. The first-order valence-electron chi connectivity index (χ1n) is 12.7. The Morgan fingerprint density at radius 1 is 1.24 bits per heavy atom. The summed E-state index contributed by atoms with van der Waals surface area (Å²) in [5.41, 5.74) is 5.39. The van der Waals surface area contributed by atoms with Gasteiger partial charge < -0.3 is 20.7 Å². The molecule has 5 atom stereocenters. The molecule has 0 aromatic heterocycles. The van der Waals surface area contributed by atoms with Crippen LogP contribution in [0.3, 0.4) is 0 Å². The van der Waals surface area contributed by atoms with E-state index >= 15 is 0 Å². The normalized spacial score (nSPS) is 31.6. The highest BCUT2D eigenvalue weighted by molar-refractivity contribution is 8.02. The van der Waals surface area contributed by atoms with Gasteiger partial charge in [0.1, 0.15) is 11.9 Å². The highest BCUT2D eigenvalue weighted by Crippen LogP contribution is 2.33. The predicted octanol–water partition coefficient (Wildman–Crippen LogP) is 5.61. The zero-order chi connectivity index (χ0) is 29.4. The number of hydrogen-bond acceptors (Lipinski definition) is 7. The Bertz CT molecular complexity index is 968. The standard InChI is InChI=1S/C28H42F3NO5S/c1-8-38-15-21(32)17(3)18(4)22-13-12-20(28(29,30)31)11-9-10-16(2)25(35)19(5)26(36)27(6,7)23(33)14-24(34)37-22/h9-10,12,15-16,19,22-23,25,33,35H,8,11,13-14,32H2,1-7H3/b10-9+,18-17+,20-12+,21-15-/t16-,19+,22-,23-,25-/m0/s1. The SMILES string of the molecule is CCS/C=C(N)/C(C)=C(\C)[C@@H]1C/C=C(/C(F)(F)F)C/C=C/[C@H](C)[C@H](O)[C@@H](C)C(=O)C(C)(C)[C@@H](O)CC(=O)O1. The van der Waals surface area contributed by atoms with Crippen molar-refractivity contribution in [1.82, 2.24) is 0 Å². The van der Waals surface area contributed by atoms with E-state index in [0.717, 1.165) is 11.8 Å². The Kier molecular flexibility index (Phi) is 12.9. The van der Waals surface area contributed by atoms with Crippen LogP contribution >= 0.6 is 11.8 Å². The van der Waals surface area contributed by atoms with Gasteiger partial charge in [0.15, 0.2) is 0 Å². The molecule has 1 aliphatic rings. The number of aliphatic hydroxyl groups is 2. The summed E-state index contributed by atoms with van der Waals surface area (Å²) in [6, 6.07) is 0. The van der Waals surface area contributed by atoms with Crippen LogP contribution in [0.1, 0.15) is 67.7 Å². The number of aliphatic hydroxyl groups excluding tert-OH is 2. The number of esters is 1. The lowest BCUT2D eigenvalue weighted by molar-refractivity contribution is -0.154. The van der Waals surface area contributed by atoms with Gasteiger partial charge in [0.25, 0.3) is 0 Å². The second-order valence-electron chi connectivity index (χ2n) is 10.4. The molecule has 1 rings (SSSR count). The van der Waals surface area contributed by atoms with E-state index in [-0.39, 0.29) is 6.42 Å². The second-order valence-corrected chi connectivity index (χ2v) is 11.5. The Morgan fingerprint density at radius 2 is 1.84 bits per heavy atom. The lowest BCUT2D eigenvalue weighted by Crippen LogP contribution is -2.45. The summed E-state index contributed by atoms with van der Waals surface area (Å²) in [4.78, 5) is 26.0. The summed E-state index contributed by atoms with van der Waals surface area (Å²) >= 11 is 1.46. The van der Waals surface area contributed by atoms with Crippen LogP contribution in [-0.4, -0.2) is 52.2 Å². The Morgan fingerprint density at radius 3 is 2.39 bits per heavy atom. The molecule has 0 saturated heterocycles. The third-order valence-corrected chi connectivity index (χ3v) is 7.92. The van der Waals surface area contributed by atoms with Crippen LogP contribution in [-0.2, 0) is 14.3 Å². The van der Waals surface area contributed by atoms with Gasteiger partial charge in [-0.2, -0.15) is 13.2 Å². The van der Waals surface area contributed by atoms with Gasteiger partial charge in [0, 0.05) is 29.5 Å². The number of hydrogen-bond donors (Lipinski definition) is 3. The van der Waals surface area contributed by atoms with Crippen LogP contribution in [0.5, 0.6) is 0 Å². The van der Waals surface area contributed by atoms with Crippen molar-refractivity contribution in [3.63, 3.8) is 0 Å². The summed E-state index contributed by atoms with van der Waals surface area (Å²) in [5, 5.41) is 23.2. The summed E-state index contributed by atoms with van der Waals surface area (Å²) in [6.07, 6.45) is -5.82. The van der Waals surface area contributed by atoms with Crippen LogP contribution in [0.25, 0.3) is 0 Å². The molecule has 6 nitrogen and oxygen atoms in total. The number of allylic oxidation sites excluding steroid dienone is 3. The van der Waals surface area contributed by atoms with Gasteiger partial charge in [0.2, 0.25) is 0 Å². The second kappa shape index (κ2) is 14.4.